The lowest BCUT2D eigenvalue weighted by Gasteiger charge is -2.06. The molecule has 0 heterocycles. The van der Waals surface area contributed by atoms with Gasteiger partial charge in [0.1, 0.15) is 5.75 Å². The van der Waals surface area contributed by atoms with Gasteiger partial charge in [0.2, 0.25) is 0 Å². The van der Waals surface area contributed by atoms with Gasteiger partial charge in [0.25, 0.3) is 0 Å². The molecular weight excluding hydrogens is 340 g/mol. The number of hydrogen-bond acceptors (Lipinski definition) is 3. The Kier molecular flexibility index (Phi) is 9.05. The van der Waals surface area contributed by atoms with Crippen molar-refractivity contribution in [3.63, 3.8) is 0 Å². The lowest BCUT2D eigenvalue weighted by molar-refractivity contribution is 0.104. The van der Waals surface area contributed by atoms with Crippen molar-refractivity contribution in [2.45, 2.75) is 44.4 Å². The molecule has 0 amide bonds. The summed E-state index contributed by atoms with van der Waals surface area (Å²) < 4.78 is 5.76. The number of allylic oxidation sites excluding steroid dienone is 1. The number of rotatable bonds is 11. The Labute approximate surface area is 161 Å². The molecule has 0 aliphatic rings. The second kappa shape index (κ2) is 11.6. The molecular formula is C23H28O2S. The van der Waals surface area contributed by atoms with Gasteiger partial charge in [-0.1, -0.05) is 44.9 Å². The maximum Gasteiger partial charge on any atom is 0.185 e. The van der Waals surface area contributed by atoms with Crippen molar-refractivity contribution in [2.24, 2.45) is 0 Å². The summed E-state index contributed by atoms with van der Waals surface area (Å²) in [6.45, 7) is 5.09. The predicted octanol–water partition coefficient (Wildman–Crippen LogP) is 6.65. The zero-order valence-corrected chi connectivity index (χ0v) is 16.6. The van der Waals surface area contributed by atoms with E-state index in [1.54, 1.807) is 6.08 Å². The molecule has 26 heavy (non-hydrogen) atoms. The molecule has 0 aliphatic carbocycles. The highest BCUT2D eigenvalue weighted by molar-refractivity contribution is 7.99. The summed E-state index contributed by atoms with van der Waals surface area (Å²) in [6.07, 6.45) is 8.07. The number of unbranched alkanes of at least 4 members (excludes halogenated alkanes) is 2. The zero-order valence-electron chi connectivity index (χ0n) is 15.7. The van der Waals surface area contributed by atoms with Crippen LogP contribution in [-0.2, 0) is 0 Å². The summed E-state index contributed by atoms with van der Waals surface area (Å²) >= 11 is 1.82. The molecule has 2 aromatic rings. The summed E-state index contributed by atoms with van der Waals surface area (Å²) in [4.78, 5) is 13.6. The van der Waals surface area contributed by atoms with Crippen LogP contribution in [0.4, 0.5) is 0 Å². The molecule has 2 nitrogen and oxygen atoms in total. The van der Waals surface area contributed by atoms with Crippen LogP contribution >= 0.6 is 11.8 Å². The minimum absolute atomic E-state index is 0.0197. The fourth-order valence-electron chi connectivity index (χ4n) is 2.45. The lowest BCUT2D eigenvalue weighted by atomic mass is 10.1. The Hall–Kier alpha value is -2.00. The van der Waals surface area contributed by atoms with Crippen LogP contribution in [0.15, 0.2) is 59.5 Å². The molecule has 0 saturated heterocycles. The molecule has 0 aliphatic heterocycles. The van der Waals surface area contributed by atoms with Crippen LogP contribution in [0.2, 0.25) is 0 Å². The van der Waals surface area contributed by atoms with Gasteiger partial charge in [0.15, 0.2) is 5.78 Å². The van der Waals surface area contributed by atoms with Crippen LogP contribution < -0.4 is 4.74 Å². The number of ketones is 1. The van der Waals surface area contributed by atoms with Crippen molar-refractivity contribution in [3.8, 4) is 5.75 Å². The van der Waals surface area contributed by atoms with Gasteiger partial charge < -0.3 is 4.74 Å². The third-order valence-corrected chi connectivity index (χ3v) is 5.13. The van der Waals surface area contributed by atoms with E-state index in [1.165, 1.54) is 17.7 Å². The maximum atomic E-state index is 12.3. The highest BCUT2D eigenvalue weighted by Gasteiger charge is 2.02. The zero-order chi connectivity index (χ0) is 18.6. The third kappa shape index (κ3) is 7.09. The largest absolute Gasteiger partial charge is 0.494 e. The van der Waals surface area contributed by atoms with Gasteiger partial charge in [-0.25, -0.2) is 0 Å². The second-order valence-electron chi connectivity index (χ2n) is 6.20. The van der Waals surface area contributed by atoms with Gasteiger partial charge in [-0.3, -0.25) is 4.79 Å². The molecule has 0 spiro atoms. The van der Waals surface area contributed by atoms with Crippen LogP contribution in [0, 0.1) is 0 Å². The fraction of sp³-hybridized carbons (Fsp3) is 0.348. The SMILES string of the molecule is CCCCCOc1cccc(C=CC(=O)c2ccc(SCCC)cc2)c1. The van der Waals surface area contributed by atoms with E-state index in [1.807, 2.05) is 66.4 Å². The van der Waals surface area contributed by atoms with Gasteiger partial charge in [0.05, 0.1) is 6.61 Å². The standard InChI is InChI=1S/C23H28O2S/c1-3-5-6-16-25-21-9-7-8-19(18-21)10-15-23(24)20-11-13-22(14-12-20)26-17-4-2/h7-15,18H,3-6,16-17H2,1-2H3. The Morgan fingerprint density at radius 2 is 1.85 bits per heavy atom. The van der Waals surface area contributed by atoms with Crippen LogP contribution in [0.5, 0.6) is 5.75 Å². The minimum Gasteiger partial charge on any atom is -0.494 e. The molecule has 138 valence electrons. The van der Waals surface area contributed by atoms with E-state index in [4.69, 9.17) is 4.74 Å². The van der Waals surface area contributed by atoms with E-state index in [-0.39, 0.29) is 5.78 Å². The third-order valence-electron chi connectivity index (χ3n) is 3.91. The highest BCUT2D eigenvalue weighted by Crippen LogP contribution is 2.20. The van der Waals surface area contributed by atoms with Crippen molar-refractivity contribution in [3.05, 3.63) is 65.7 Å². The highest BCUT2D eigenvalue weighted by atomic mass is 32.2. The van der Waals surface area contributed by atoms with Crippen LogP contribution in [0.3, 0.4) is 0 Å². The second-order valence-corrected chi connectivity index (χ2v) is 7.37. The molecule has 0 atom stereocenters. The number of thioether (sulfide) groups is 1. The first-order valence-corrected chi connectivity index (χ1v) is 10.4. The molecule has 0 aromatic heterocycles. The summed E-state index contributed by atoms with van der Waals surface area (Å²) in [5.74, 6) is 1.98. The summed E-state index contributed by atoms with van der Waals surface area (Å²) in [5.41, 5.74) is 1.69. The fourth-order valence-corrected chi connectivity index (χ4v) is 3.22. The number of hydrogen-bond donors (Lipinski definition) is 0. The Morgan fingerprint density at radius 3 is 2.58 bits per heavy atom. The Morgan fingerprint density at radius 1 is 1.04 bits per heavy atom. The molecule has 0 bridgehead atoms. The molecule has 0 radical (unpaired) electrons. The first-order chi connectivity index (χ1) is 12.7. The molecule has 0 N–H and O–H groups in total. The first kappa shape index (κ1) is 20.3. The van der Waals surface area contributed by atoms with Crippen molar-refractivity contribution in [2.75, 3.05) is 12.4 Å². The van der Waals surface area contributed by atoms with Crippen LogP contribution in [-0.4, -0.2) is 18.1 Å². The number of ether oxygens (including phenoxy) is 1. The Bertz CT molecular complexity index is 704. The normalized spacial score (nSPS) is 11.0. The maximum absolute atomic E-state index is 12.3. The van der Waals surface area contributed by atoms with E-state index in [0.29, 0.717) is 5.56 Å². The summed E-state index contributed by atoms with van der Waals surface area (Å²) in [7, 11) is 0. The van der Waals surface area contributed by atoms with E-state index in [9.17, 15) is 4.79 Å². The molecule has 0 unspecified atom stereocenters. The van der Waals surface area contributed by atoms with Crippen molar-refractivity contribution in [1.29, 1.82) is 0 Å². The summed E-state index contributed by atoms with van der Waals surface area (Å²) in [6, 6.07) is 15.7. The molecule has 0 fully saturated rings. The number of carbonyl (C=O) groups excluding carboxylic acids is 1. The van der Waals surface area contributed by atoms with Gasteiger partial charge in [-0.2, -0.15) is 0 Å². The predicted molar refractivity (Wildman–Crippen MR) is 112 cm³/mol. The van der Waals surface area contributed by atoms with Crippen LogP contribution in [0.25, 0.3) is 6.08 Å². The average molecular weight is 369 g/mol. The van der Waals surface area contributed by atoms with E-state index < -0.39 is 0 Å². The first-order valence-electron chi connectivity index (χ1n) is 9.41. The number of benzene rings is 2. The van der Waals surface area contributed by atoms with Gasteiger partial charge in [-0.05, 0) is 66.6 Å². The van der Waals surface area contributed by atoms with Gasteiger partial charge >= 0.3 is 0 Å². The van der Waals surface area contributed by atoms with Crippen molar-refractivity contribution in [1.82, 2.24) is 0 Å². The van der Waals surface area contributed by atoms with Gasteiger partial charge in [-0.15, -0.1) is 11.8 Å². The number of carbonyl (C=O) groups is 1. The Balaban J connectivity index is 1.92. The smallest absolute Gasteiger partial charge is 0.185 e. The molecule has 3 heteroatoms. The van der Waals surface area contributed by atoms with Crippen molar-refractivity contribution < 1.29 is 9.53 Å². The molecule has 0 saturated carbocycles. The molecule has 2 rings (SSSR count). The average Bonchev–Trinajstić information content (AvgIpc) is 2.68. The van der Waals surface area contributed by atoms with E-state index in [0.717, 1.165) is 36.5 Å². The van der Waals surface area contributed by atoms with Crippen molar-refractivity contribution >= 4 is 23.6 Å². The van der Waals surface area contributed by atoms with Crippen LogP contribution in [0.1, 0.15) is 55.5 Å². The van der Waals surface area contributed by atoms with Gasteiger partial charge in [0, 0.05) is 10.5 Å². The monoisotopic (exact) mass is 368 g/mol. The summed E-state index contributed by atoms with van der Waals surface area (Å²) in [5, 5.41) is 0. The lowest BCUT2D eigenvalue weighted by Crippen LogP contribution is -1.97. The topological polar surface area (TPSA) is 26.3 Å². The van der Waals surface area contributed by atoms with E-state index >= 15 is 0 Å². The molecule has 2 aromatic carbocycles. The quantitative estimate of drug-likeness (QED) is 0.192. The minimum atomic E-state index is 0.0197. The van der Waals surface area contributed by atoms with E-state index in [2.05, 4.69) is 13.8 Å².